The van der Waals surface area contributed by atoms with Crippen molar-refractivity contribution in [3.63, 3.8) is 0 Å². The summed E-state index contributed by atoms with van der Waals surface area (Å²) in [6, 6.07) is -1.66. The fourth-order valence-corrected chi connectivity index (χ4v) is 3.19. The Kier molecular flexibility index (Phi) is 4.82. The van der Waals surface area contributed by atoms with E-state index in [1.54, 1.807) is 11.7 Å². The van der Waals surface area contributed by atoms with Crippen molar-refractivity contribution in [2.75, 3.05) is 32.7 Å². The number of halogens is 3. The number of nitrogens with zero attached hydrogens (tertiary/aromatic N) is 3. The van der Waals surface area contributed by atoms with Crippen LogP contribution in [0.4, 0.5) is 13.2 Å². The van der Waals surface area contributed by atoms with Gasteiger partial charge >= 0.3 is 6.18 Å². The van der Waals surface area contributed by atoms with Gasteiger partial charge in [0.25, 0.3) is 5.91 Å². The van der Waals surface area contributed by atoms with E-state index >= 15 is 0 Å². The molecule has 6 nitrogen and oxygen atoms in total. The summed E-state index contributed by atoms with van der Waals surface area (Å²) in [5, 5.41) is 9.58. The van der Waals surface area contributed by atoms with Gasteiger partial charge in [0.2, 0.25) is 0 Å². The minimum atomic E-state index is -4.38. The second kappa shape index (κ2) is 6.72. The highest BCUT2D eigenvalue weighted by atomic mass is 19.4. The molecule has 24 heavy (non-hydrogen) atoms. The molecule has 1 amide bonds. The lowest BCUT2D eigenvalue weighted by Crippen LogP contribution is -2.57. The number of alkyl halides is 3. The molecule has 0 radical (unpaired) electrons. The van der Waals surface area contributed by atoms with Crippen LogP contribution in [0.2, 0.25) is 0 Å². The number of carbonyl (C=O) groups is 1. The van der Waals surface area contributed by atoms with Crippen LogP contribution in [-0.2, 0) is 7.05 Å². The van der Waals surface area contributed by atoms with Crippen molar-refractivity contribution >= 4 is 5.91 Å². The van der Waals surface area contributed by atoms with Crippen LogP contribution in [-0.4, -0.2) is 65.5 Å². The summed E-state index contributed by atoms with van der Waals surface area (Å²) in [6.07, 6.45) is -0.952. The Labute approximate surface area is 138 Å². The van der Waals surface area contributed by atoms with Crippen molar-refractivity contribution in [2.45, 2.75) is 31.0 Å². The van der Waals surface area contributed by atoms with Gasteiger partial charge in [0.1, 0.15) is 6.04 Å². The molecule has 3 rings (SSSR count). The van der Waals surface area contributed by atoms with Crippen LogP contribution in [0, 0.1) is 0 Å². The summed E-state index contributed by atoms with van der Waals surface area (Å²) in [6.45, 7) is 1.24. The van der Waals surface area contributed by atoms with Crippen LogP contribution in [0.3, 0.4) is 0 Å². The van der Waals surface area contributed by atoms with E-state index in [1.165, 1.54) is 11.1 Å². The quantitative estimate of drug-likeness (QED) is 0.831. The molecule has 0 spiro atoms. The molecule has 1 saturated heterocycles. The normalized spacial score (nSPS) is 20.8. The predicted molar refractivity (Wildman–Crippen MR) is 81.8 cm³/mol. The molecule has 0 aromatic carbocycles. The van der Waals surface area contributed by atoms with E-state index in [0.717, 1.165) is 18.5 Å². The number of amides is 1. The average Bonchev–Trinajstić information content (AvgIpc) is 3.29. The molecule has 134 valence electrons. The Morgan fingerprint density at radius 1 is 1.42 bits per heavy atom. The molecule has 2 fully saturated rings. The van der Waals surface area contributed by atoms with E-state index in [2.05, 4.69) is 15.7 Å². The van der Waals surface area contributed by atoms with Crippen molar-refractivity contribution < 1.29 is 18.0 Å². The van der Waals surface area contributed by atoms with Crippen LogP contribution in [0.15, 0.2) is 6.20 Å². The monoisotopic (exact) mass is 345 g/mol. The topological polar surface area (TPSA) is 62.2 Å². The van der Waals surface area contributed by atoms with Crippen LogP contribution in [0.25, 0.3) is 0 Å². The van der Waals surface area contributed by atoms with Crippen LogP contribution >= 0.6 is 0 Å². The third-order valence-corrected chi connectivity index (χ3v) is 4.62. The Bertz CT molecular complexity index is 590. The van der Waals surface area contributed by atoms with Gasteiger partial charge in [-0.3, -0.25) is 14.4 Å². The van der Waals surface area contributed by atoms with E-state index in [9.17, 15) is 18.0 Å². The van der Waals surface area contributed by atoms with Crippen molar-refractivity contribution in [3.8, 4) is 0 Å². The Morgan fingerprint density at radius 3 is 2.67 bits per heavy atom. The third-order valence-electron chi connectivity index (χ3n) is 4.62. The summed E-state index contributed by atoms with van der Waals surface area (Å²) < 4.78 is 41.7. The molecule has 1 aliphatic heterocycles. The summed E-state index contributed by atoms with van der Waals surface area (Å²) in [4.78, 5) is 13.7. The number of hydrogen-bond acceptors (Lipinski definition) is 4. The number of rotatable bonds is 5. The second-order valence-electron chi connectivity index (χ2n) is 6.39. The van der Waals surface area contributed by atoms with Gasteiger partial charge in [-0.15, -0.1) is 0 Å². The van der Waals surface area contributed by atoms with E-state index in [4.69, 9.17) is 0 Å². The fourth-order valence-electron chi connectivity index (χ4n) is 3.19. The summed E-state index contributed by atoms with van der Waals surface area (Å²) in [5.74, 6) is -0.181. The zero-order valence-electron chi connectivity index (χ0n) is 13.6. The zero-order valence-corrected chi connectivity index (χ0v) is 13.6. The molecule has 1 unspecified atom stereocenters. The number of aromatic nitrogens is 2. The van der Waals surface area contributed by atoms with Gasteiger partial charge in [-0.25, -0.2) is 0 Å². The average molecular weight is 345 g/mol. The number of nitrogens with one attached hydrogen (secondary N) is 2. The minimum absolute atomic E-state index is 0.296. The SMILES string of the molecule is Cn1ncc(C(=O)NCC(N2CCNCC2)C(F)(F)F)c1C1CC1. The second-order valence-corrected chi connectivity index (χ2v) is 6.39. The largest absolute Gasteiger partial charge is 0.405 e. The highest BCUT2D eigenvalue weighted by Gasteiger charge is 2.44. The van der Waals surface area contributed by atoms with Crippen molar-refractivity contribution in [3.05, 3.63) is 17.5 Å². The maximum Gasteiger partial charge on any atom is 0.405 e. The maximum absolute atomic E-state index is 13.3. The highest BCUT2D eigenvalue weighted by Crippen LogP contribution is 2.41. The predicted octanol–water partition coefficient (Wildman–Crippen LogP) is 0.863. The van der Waals surface area contributed by atoms with Gasteiger partial charge in [0.05, 0.1) is 17.5 Å². The van der Waals surface area contributed by atoms with Crippen molar-refractivity contribution in [2.24, 2.45) is 7.05 Å². The number of hydrogen-bond donors (Lipinski definition) is 2. The van der Waals surface area contributed by atoms with Crippen LogP contribution in [0.1, 0.15) is 34.8 Å². The van der Waals surface area contributed by atoms with E-state index in [-0.39, 0.29) is 0 Å². The van der Waals surface area contributed by atoms with Crippen molar-refractivity contribution in [1.29, 1.82) is 0 Å². The lowest BCUT2D eigenvalue weighted by atomic mass is 10.1. The molecular formula is C15H22F3N5O. The number of carbonyl (C=O) groups excluding carboxylic acids is 1. The first kappa shape index (κ1) is 17.2. The van der Waals surface area contributed by atoms with Crippen LogP contribution < -0.4 is 10.6 Å². The smallest absolute Gasteiger partial charge is 0.350 e. The molecule has 1 atom stereocenters. The number of piperazine rings is 1. The van der Waals surface area contributed by atoms with Crippen LogP contribution in [0.5, 0.6) is 0 Å². The molecule has 9 heteroatoms. The summed E-state index contributed by atoms with van der Waals surface area (Å²) in [7, 11) is 1.75. The van der Waals surface area contributed by atoms with Crippen molar-refractivity contribution in [1.82, 2.24) is 25.3 Å². The first-order valence-corrected chi connectivity index (χ1v) is 8.19. The van der Waals surface area contributed by atoms with E-state index in [0.29, 0.717) is 37.7 Å². The fraction of sp³-hybridized carbons (Fsp3) is 0.733. The molecule has 2 aliphatic rings. The Balaban J connectivity index is 1.67. The van der Waals surface area contributed by atoms with Gasteiger partial charge in [0, 0.05) is 45.7 Å². The zero-order chi connectivity index (χ0) is 17.3. The van der Waals surface area contributed by atoms with Gasteiger partial charge in [-0.1, -0.05) is 0 Å². The molecule has 1 aliphatic carbocycles. The lowest BCUT2D eigenvalue weighted by Gasteiger charge is -2.35. The molecule has 2 heterocycles. The molecule has 1 saturated carbocycles. The third kappa shape index (κ3) is 3.72. The van der Waals surface area contributed by atoms with E-state index in [1.807, 2.05) is 0 Å². The molecule has 1 aromatic rings. The van der Waals surface area contributed by atoms with E-state index < -0.39 is 24.7 Å². The highest BCUT2D eigenvalue weighted by molar-refractivity contribution is 5.95. The molecular weight excluding hydrogens is 323 g/mol. The minimum Gasteiger partial charge on any atom is -0.350 e. The van der Waals surface area contributed by atoms with Gasteiger partial charge in [0.15, 0.2) is 0 Å². The molecule has 2 N–H and O–H groups in total. The summed E-state index contributed by atoms with van der Waals surface area (Å²) in [5.41, 5.74) is 1.21. The molecule has 1 aromatic heterocycles. The summed E-state index contributed by atoms with van der Waals surface area (Å²) >= 11 is 0. The molecule has 0 bridgehead atoms. The first-order chi connectivity index (χ1) is 11.4. The first-order valence-electron chi connectivity index (χ1n) is 8.19. The number of aryl methyl sites for hydroxylation is 1. The van der Waals surface area contributed by atoms with Gasteiger partial charge in [-0.05, 0) is 12.8 Å². The Hall–Kier alpha value is -1.61. The standard InChI is InChI=1S/C15H22F3N5O/c1-22-13(10-2-3-10)11(8-21-22)14(24)20-9-12(15(16,17)18)23-6-4-19-5-7-23/h8,10,12,19H,2-7,9H2,1H3,(H,20,24). The lowest BCUT2D eigenvalue weighted by molar-refractivity contribution is -0.183. The van der Waals surface area contributed by atoms with Gasteiger partial charge < -0.3 is 10.6 Å². The van der Waals surface area contributed by atoms with Gasteiger partial charge in [-0.2, -0.15) is 18.3 Å². The Morgan fingerprint density at radius 2 is 2.08 bits per heavy atom. The maximum atomic E-state index is 13.3.